The molecule has 0 aromatic heterocycles. The number of hydrogen-bond donors (Lipinski definition) is 3. The number of carbonyl (C=O) groups excluding carboxylic acids is 1. The standard InChI is InChI=1S/C12H24N2O6/c1-3-19-7-5-14(6-8-20-4-2)12(18)13-9-10(15)11(16)17/h10,15H,3-9H2,1-2H3,(H,13,18)(H,16,17). The largest absolute Gasteiger partial charge is 0.479 e. The summed E-state index contributed by atoms with van der Waals surface area (Å²) in [6.07, 6.45) is -1.61. The Labute approximate surface area is 118 Å². The van der Waals surface area contributed by atoms with Crippen LogP contribution >= 0.6 is 0 Å². The van der Waals surface area contributed by atoms with Crippen molar-refractivity contribution >= 4 is 12.0 Å². The molecule has 0 fully saturated rings. The highest BCUT2D eigenvalue weighted by Gasteiger charge is 2.17. The Morgan fingerprint density at radius 3 is 2.05 bits per heavy atom. The first-order chi connectivity index (χ1) is 9.52. The summed E-state index contributed by atoms with van der Waals surface area (Å²) >= 11 is 0. The SMILES string of the molecule is CCOCCN(CCOCC)C(=O)NCC(O)C(=O)O. The second-order valence-electron chi connectivity index (χ2n) is 3.92. The Kier molecular flexibility index (Phi) is 10.7. The molecule has 0 heterocycles. The van der Waals surface area contributed by atoms with Crippen molar-refractivity contribution in [2.24, 2.45) is 0 Å². The van der Waals surface area contributed by atoms with Gasteiger partial charge in [0, 0.05) is 26.3 Å². The number of rotatable bonds is 11. The third-order valence-corrected chi connectivity index (χ3v) is 2.44. The maximum absolute atomic E-state index is 11.9. The van der Waals surface area contributed by atoms with Gasteiger partial charge in [0.1, 0.15) is 0 Å². The maximum Gasteiger partial charge on any atom is 0.334 e. The van der Waals surface area contributed by atoms with Crippen molar-refractivity contribution in [1.82, 2.24) is 10.2 Å². The molecule has 2 amide bonds. The van der Waals surface area contributed by atoms with Gasteiger partial charge in [-0.25, -0.2) is 9.59 Å². The molecule has 8 nitrogen and oxygen atoms in total. The van der Waals surface area contributed by atoms with Crippen LogP contribution in [-0.4, -0.2) is 79.3 Å². The van der Waals surface area contributed by atoms with E-state index in [4.69, 9.17) is 19.7 Å². The van der Waals surface area contributed by atoms with Crippen molar-refractivity contribution in [3.63, 3.8) is 0 Å². The van der Waals surface area contributed by atoms with Gasteiger partial charge in [0.15, 0.2) is 6.10 Å². The van der Waals surface area contributed by atoms with Gasteiger partial charge in [-0.2, -0.15) is 0 Å². The molecule has 8 heteroatoms. The first-order valence-corrected chi connectivity index (χ1v) is 6.62. The van der Waals surface area contributed by atoms with Crippen molar-refractivity contribution in [3.05, 3.63) is 0 Å². The van der Waals surface area contributed by atoms with Gasteiger partial charge in [-0.05, 0) is 13.8 Å². The zero-order valence-corrected chi connectivity index (χ0v) is 12.0. The number of aliphatic hydroxyl groups is 1. The molecule has 0 bridgehead atoms. The number of ether oxygens (including phenoxy) is 2. The normalized spacial score (nSPS) is 11.9. The van der Waals surface area contributed by atoms with Crippen LogP contribution in [0.15, 0.2) is 0 Å². The summed E-state index contributed by atoms with van der Waals surface area (Å²) in [5.74, 6) is -1.37. The summed E-state index contributed by atoms with van der Waals surface area (Å²) < 4.78 is 10.4. The number of carboxylic acids is 1. The fraction of sp³-hybridized carbons (Fsp3) is 0.833. The molecule has 1 unspecified atom stereocenters. The summed E-state index contributed by atoms with van der Waals surface area (Å²) in [6.45, 7) is 5.99. The molecule has 0 saturated carbocycles. The molecule has 0 rings (SSSR count). The molecular formula is C12H24N2O6. The number of carboxylic acid groups (broad SMARTS) is 1. The molecule has 0 saturated heterocycles. The Bertz CT molecular complexity index is 277. The van der Waals surface area contributed by atoms with Crippen molar-refractivity contribution in [2.75, 3.05) is 46.1 Å². The van der Waals surface area contributed by atoms with Crippen LogP contribution in [0.25, 0.3) is 0 Å². The monoisotopic (exact) mass is 292 g/mol. The van der Waals surface area contributed by atoms with Gasteiger partial charge in [-0.1, -0.05) is 0 Å². The molecule has 20 heavy (non-hydrogen) atoms. The molecular weight excluding hydrogens is 268 g/mol. The highest BCUT2D eigenvalue weighted by atomic mass is 16.5. The molecule has 0 radical (unpaired) electrons. The predicted molar refractivity (Wildman–Crippen MR) is 71.6 cm³/mol. The van der Waals surface area contributed by atoms with Gasteiger partial charge < -0.3 is 29.9 Å². The van der Waals surface area contributed by atoms with Gasteiger partial charge in [0.25, 0.3) is 0 Å². The lowest BCUT2D eigenvalue weighted by molar-refractivity contribution is -0.146. The molecule has 0 aliphatic carbocycles. The van der Waals surface area contributed by atoms with Crippen LogP contribution < -0.4 is 5.32 Å². The molecule has 0 aliphatic rings. The Morgan fingerprint density at radius 1 is 1.15 bits per heavy atom. The smallest absolute Gasteiger partial charge is 0.334 e. The van der Waals surface area contributed by atoms with Gasteiger partial charge in [0.05, 0.1) is 19.8 Å². The summed E-state index contributed by atoms with van der Waals surface area (Å²) in [7, 11) is 0. The van der Waals surface area contributed by atoms with E-state index in [1.54, 1.807) is 0 Å². The number of hydrogen-bond acceptors (Lipinski definition) is 5. The second kappa shape index (κ2) is 11.4. The van der Waals surface area contributed by atoms with Gasteiger partial charge >= 0.3 is 12.0 Å². The number of carbonyl (C=O) groups is 2. The molecule has 3 N–H and O–H groups in total. The number of urea groups is 1. The van der Waals surface area contributed by atoms with Crippen LogP contribution in [0.5, 0.6) is 0 Å². The Morgan fingerprint density at radius 2 is 1.65 bits per heavy atom. The summed E-state index contributed by atoms with van der Waals surface area (Å²) in [6, 6.07) is -0.454. The van der Waals surface area contributed by atoms with Gasteiger partial charge in [-0.3, -0.25) is 0 Å². The van der Waals surface area contributed by atoms with Gasteiger partial charge in [0.2, 0.25) is 0 Å². The first kappa shape index (κ1) is 18.6. The zero-order chi connectivity index (χ0) is 15.4. The number of aliphatic hydroxyl groups excluding tert-OH is 1. The maximum atomic E-state index is 11.9. The van der Waals surface area contributed by atoms with Crippen molar-refractivity contribution < 1.29 is 29.3 Å². The van der Waals surface area contributed by atoms with Crippen LogP contribution in [0.3, 0.4) is 0 Å². The predicted octanol–water partition coefficient (Wildman–Crippen LogP) is -0.483. The number of amides is 2. The van der Waals surface area contributed by atoms with Gasteiger partial charge in [-0.15, -0.1) is 0 Å². The quantitative estimate of drug-likeness (QED) is 0.444. The van der Waals surface area contributed by atoms with E-state index in [2.05, 4.69) is 5.32 Å². The van der Waals surface area contributed by atoms with E-state index in [1.807, 2.05) is 13.8 Å². The zero-order valence-electron chi connectivity index (χ0n) is 12.0. The number of aliphatic carboxylic acids is 1. The Balaban J connectivity index is 4.19. The summed E-state index contributed by atoms with van der Waals surface area (Å²) in [5.41, 5.74) is 0. The van der Waals surface area contributed by atoms with Crippen LogP contribution in [0.4, 0.5) is 4.79 Å². The van der Waals surface area contributed by atoms with E-state index < -0.39 is 18.1 Å². The van der Waals surface area contributed by atoms with E-state index in [0.717, 1.165) is 0 Å². The van der Waals surface area contributed by atoms with Crippen molar-refractivity contribution in [3.8, 4) is 0 Å². The van der Waals surface area contributed by atoms with Crippen LogP contribution in [0, 0.1) is 0 Å². The minimum atomic E-state index is -1.61. The minimum absolute atomic E-state index is 0.339. The van der Waals surface area contributed by atoms with Crippen molar-refractivity contribution in [2.45, 2.75) is 20.0 Å². The fourth-order valence-electron chi connectivity index (χ4n) is 1.34. The molecule has 0 spiro atoms. The van der Waals surface area contributed by atoms with E-state index in [0.29, 0.717) is 39.5 Å². The fourth-order valence-corrected chi connectivity index (χ4v) is 1.34. The summed E-state index contributed by atoms with van der Waals surface area (Å²) in [4.78, 5) is 23.8. The molecule has 1 atom stereocenters. The van der Waals surface area contributed by atoms with E-state index in [1.165, 1.54) is 4.90 Å². The summed E-state index contributed by atoms with van der Waals surface area (Å²) in [5, 5.41) is 20.0. The number of nitrogens with one attached hydrogen (secondary N) is 1. The molecule has 0 aromatic carbocycles. The first-order valence-electron chi connectivity index (χ1n) is 6.62. The Hall–Kier alpha value is -1.38. The molecule has 0 aliphatic heterocycles. The minimum Gasteiger partial charge on any atom is -0.479 e. The highest BCUT2D eigenvalue weighted by Crippen LogP contribution is 1.93. The average Bonchev–Trinajstić information content (AvgIpc) is 2.42. The molecule has 118 valence electrons. The van der Waals surface area contributed by atoms with E-state index in [-0.39, 0.29) is 6.54 Å². The highest BCUT2D eigenvalue weighted by molar-refractivity contribution is 5.76. The van der Waals surface area contributed by atoms with Crippen LogP contribution in [0.1, 0.15) is 13.8 Å². The van der Waals surface area contributed by atoms with E-state index >= 15 is 0 Å². The van der Waals surface area contributed by atoms with Crippen LogP contribution in [0.2, 0.25) is 0 Å². The lowest BCUT2D eigenvalue weighted by atomic mass is 10.3. The third kappa shape index (κ3) is 8.68. The lowest BCUT2D eigenvalue weighted by Crippen LogP contribution is -2.46. The van der Waals surface area contributed by atoms with E-state index in [9.17, 15) is 9.59 Å². The third-order valence-electron chi connectivity index (χ3n) is 2.44. The second-order valence-corrected chi connectivity index (χ2v) is 3.92. The topological polar surface area (TPSA) is 108 Å². The van der Waals surface area contributed by atoms with Crippen LogP contribution in [-0.2, 0) is 14.3 Å². The number of nitrogens with zero attached hydrogens (tertiary/aromatic N) is 1. The van der Waals surface area contributed by atoms with Crippen molar-refractivity contribution in [1.29, 1.82) is 0 Å². The lowest BCUT2D eigenvalue weighted by Gasteiger charge is -2.23. The molecule has 0 aromatic rings. The average molecular weight is 292 g/mol.